The molecule has 0 aromatic heterocycles. The van der Waals surface area contributed by atoms with Crippen molar-refractivity contribution in [1.29, 1.82) is 0 Å². The Morgan fingerprint density at radius 1 is 1.14 bits per heavy atom. The molecule has 164 valence electrons. The Balaban J connectivity index is 2.80. The van der Waals surface area contributed by atoms with E-state index in [2.05, 4.69) is 9.44 Å². The third-order valence-electron chi connectivity index (χ3n) is 3.76. The Hall–Kier alpha value is -0.450. The molecule has 0 aromatic rings. The Kier molecular flexibility index (Phi) is 11.2. The van der Waals surface area contributed by atoms with Gasteiger partial charge in [0.05, 0.1) is 6.61 Å². The number of aliphatic hydroxyl groups is 4. The summed E-state index contributed by atoms with van der Waals surface area (Å²) in [6.07, 6.45) is -3.04. The van der Waals surface area contributed by atoms with E-state index in [1.54, 1.807) is 11.8 Å². The fourth-order valence-corrected chi connectivity index (χ4v) is 4.03. The van der Waals surface area contributed by atoms with Gasteiger partial charge in [-0.25, -0.2) is 4.28 Å². The van der Waals surface area contributed by atoms with E-state index in [9.17, 15) is 33.6 Å². The average Bonchev–Trinajstić information content (AvgIpc) is 2.63. The summed E-state index contributed by atoms with van der Waals surface area (Å²) in [7, 11) is -4.89. The predicted octanol–water partition coefficient (Wildman–Crippen LogP) is -0.855. The summed E-state index contributed by atoms with van der Waals surface area (Å²) in [4.78, 5) is 11.9. The lowest BCUT2D eigenvalue weighted by Crippen LogP contribution is -2.57. The van der Waals surface area contributed by atoms with Crippen molar-refractivity contribution in [1.82, 2.24) is 0 Å². The van der Waals surface area contributed by atoms with Gasteiger partial charge in [-0.2, -0.15) is 20.2 Å². The van der Waals surface area contributed by atoms with Crippen LogP contribution in [0.15, 0.2) is 5.16 Å². The number of oxime groups is 1. The van der Waals surface area contributed by atoms with E-state index in [1.165, 1.54) is 0 Å². The number of ether oxygens (including phenoxy) is 1. The molecule has 5 unspecified atom stereocenters. The molecular formula is C14H25NO10S3. The van der Waals surface area contributed by atoms with Gasteiger partial charge in [0.25, 0.3) is 0 Å². The molecule has 1 rings (SSSR count). The fourth-order valence-electron chi connectivity index (χ4n) is 2.30. The standard InChI is InChI=1S/C14H25NO10S3/c1-26-6-2-3-8(17)4-5-10(15-25-28(21,22)23)27-14-13(20)12(19)11(18)9(7-16)24-14/h9,11-14,16,18-20H,2-7H2,1H3,(H,21,22,23). The summed E-state index contributed by atoms with van der Waals surface area (Å²) >= 11 is 2.25. The maximum absolute atomic E-state index is 11.9. The van der Waals surface area contributed by atoms with Crippen molar-refractivity contribution in [2.75, 3.05) is 18.6 Å². The first kappa shape index (κ1) is 25.6. The summed E-state index contributed by atoms with van der Waals surface area (Å²) in [5, 5.41) is 42.0. The van der Waals surface area contributed by atoms with Gasteiger partial charge in [0, 0.05) is 19.3 Å². The van der Waals surface area contributed by atoms with Crippen molar-refractivity contribution in [2.45, 2.75) is 55.5 Å². The van der Waals surface area contributed by atoms with Crippen LogP contribution < -0.4 is 0 Å². The Morgan fingerprint density at radius 2 is 1.82 bits per heavy atom. The van der Waals surface area contributed by atoms with Crippen molar-refractivity contribution >= 4 is 44.7 Å². The van der Waals surface area contributed by atoms with Gasteiger partial charge in [0.15, 0.2) is 0 Å². The lowest BCUT2D eigenvalue weighted by atomic mass is 10.0. The SMILES string of the molecule is CSCCCC(=O)CCC(=NOS(=O)(=O)O)SC1OC(CO)C(O)C(O)C1O. The van der Waals surface area contributed by atoms with Gasteiger partial charge in [-0.05, 0) is 18.4 Å². The highest BCUT2D eigenvalue weighted by atomic mass is 32.3. The van der Waals surface area contributed by atoms with Crippen molar-refractivity contribution < 1.29 is 47.2 Å². The number of hydrogen-bond donors (Lipinski definition) is 5. The van der Waals surface area contributed by atoms with Crippen molar-refractivity contribution in [3.63, 3.8) is 0 Å². The second-order valence-electron chi connectivity index (χ2n) is 5.94. The zero-order valence-electron chi connectivity index (χ0n) is 15.1. The maximum atomic E-state index is 11.9. The van der Waals surface area contributed by atoms with Crippen LogP contribution in [0.1, 0.15) is 25.7 Å². The van der Waals surface area contributed by atoms with E-state index >= 15 is 0 Å². The van der Waals surface area contributed by atoms with E-state index in [4.69, 9.17) is 9.29 Å². The number of nitrogens with zero attached hydrogens (tertiary/aromatic N) is 1. The molecule has 0 aliphatic carbocycles. The minimum Gasteiger partial charge on any atom is -0.394 e. The smallest absolute Gasteiger partial charge is 0.394 e. The zero-order valence-corrected chi connectivity index (χ0v) is 17.5. The first-order valence-corrected chi connectivity index (χ1v) is 11.9. The van der Waals surface area contributed by atoms with Crippen LogP contribution in [-0.2, 0) is 24.2 Å². The molecule has 0 amide bonds. The number of carbonyl (C=O) groups is 1. The molecule has 1 saturated heterocycles. The highest BCUT2D eigenvalue weighted by Gasteiger charge is 2.44. The van der Waals surface area contributed by atoms with E-state index in [0.717, 1.165) is 5.75 Å². The van der Waals surface area contributed by atoms with Gasteiger partial charge < -0.3 is 25.2 Å². The van der Waals surface area contributed by atoms with Gasteiger partial charge in [0.1, 0.15) is 40.7 Å². The number of thioether (sulfide) groups is 2. The number of carbonyl (C=O) groups excluding carboxylic acids is 1. The third-order valence-corrected chi connectivity index (χ3v) is 5.89. The van der Waals surface area contributed by atoms with Crippen LogP contribution in [0.5, 0.6) is 0 Å². The Labute approximate surface area is 171 Å². The molecule has 0 saturated carbocycles. The monoisotopic (exact) mass is 463 g/mol. The second kappa shape index (κ2) is 12.3. The minimum atomic E-state index is -4.89. The summed E-state index contributed by atoms with van der Waals surface area (Å²) in [5.41, 5.74) is -1.23. The summed E-state index contributed by atoms with van der Waals surface area (Å²) in [6, 6.07) is 0. The van der Waals surface area contributed by atoms with Crippen LogP contribution in [0, 0.1) is 0 Å². The highest BCUT2D eigenvalue weighted by Crippen LogP contribution is 2.30. The van der Waals surface area contributed by atoms with Crippen molar-refractivity contribution in [3.05, 3.63) is 0 Å². The number of Topliss-reactive ketones (excluding diaryl/α,β-unsaturated/α-hetero) is 1. The maximum Gasteiger partial charge on any atom is 0.466 e. The highest BCUT2D eigenvalue weighted by molar-refractivity contribution is 8.14. The molecule has 11 nitrogen and oxygen atoms in total. The molecule has 1 fully saturated rings. The van der Waals surface area contributed by atoms with Crippen LogP contribution in [0.3, 0.4) is 0 Å². The quantitative estimate of drug-likeness (QED) is 0.0841. The lowest BCUT2D eigenvalue weighted by molar-refractivity contribution is -0.205. The molecule has 1 heterocycles. The van der Waals surface area contributed by atoms with Crippen LogP contribution in [0.25, 0.3) is 0 Å². The largest absolute Gasteiger partial charge is 0.466 e. The zero-order chi connectivity index (χ0) is 21.3. The van der Waals surface area contributed by atoms with Gasteiger partial charge in [-0.1, -0.05) is 16.9 Å². The van der Waals surface area contributed by atoms with E-state index in [0.29, 0.717) is 24.6 Å². The Morgan fingerprint density at radius 3 is 2.39 bits per heavy atom. The Bertz CT molecular complexity index is 627. The van der Waals surface area contributed by atoms with Gasteiger partial charge in [-0.15, -0.1) is 0 Å². The topological polar surface area (TPSA) is 183 Å². The van der Waals surface area contributed by atoms with Gasteiger partial charge in [-0.3, -0.25) is 9.35 Å². The third kappa shape index (κ3) is 8.92. The van der Waals surface area contributed by atoms with E-state index < -0.39 is 46.9 Å². The van der Waals surface area contributed by atoms with Crippen LogP contribution in [-0.4, -0.2) is 92.7 Å². The molecule has 28 heavy (non-hydrogen) atoms. The molecule has 0 radical (unpaired) electrons. The number of ketones is 1. The first-order chi connectivity index (χ1) is 13.1. The number of aliphatic hydroxyl groups excluding tert-OH is 4. The van der Waals surface area contributed by atoms with Crippen LogP contribution in [0.2, 0.25) is 0 Å². The molecule has 0 bridgehead atoms. The molecular weight excluding hydrogens is 438 g/mol. The fraction of sp³-hybridized carbons (Fsp3) is 0.857. The predicted molar refractivity (Wildman–Crippen MR) is 103 cm³/mol. The molecule has 1 aliphatic rings. The molecule has 0 aromatic carbocycles. The number of rotatable bonds is 11. The van der Waals surface area contributed by atoms with Crippen molar-refractivity contribution in [2.24, 2.45) is 5.16 Å². The average molecular weight is 464 g/mol. The molecule has 1 aliphatic heterocycles. The first-order valence-electron chi connectivity index (χ1n) is 8.29. The molecule has 0 spiro atoms. The minimum absolute atomic E-state index is 0.00642. The van der Waals surface area contributed by atoms with E-state index in [-0.39, 0.29) is 23.7 Å². The molecule has 14 heteroatoms. The van der Waals surface area contributed by atoms with Gasteiger partial charge >= 0.3 is 10.4 Å². The number of hydrogen-bond acceptors (Lipinski definition) is 12. The van der Waals surface area contributed by atoms with E-state index in [1.807, 2.05) is 6.26 Å². The normalized spacial score (nSPS) is 28.9. The van der Waals surface area contributed by atoms with Crippen LogP contribution in [0.4, 0.5) is 0 Å². The molecule has 5 atom stereocenters. The van der Waals surface area contributed by atoms with Gasteiger partial charge in [0.2, 0.25) is 0 Å². The lowest BCUT2D eigenvalue weighted by Gasteiger charge is -2.39. The summed E-state index contributed by atoms with van der Waals surface area (Å²) in [6.45, 7) is -0.635. The van der Waals surface area contributed by atoms with Crippen molar-refractivity contribution in [3.8, 4) is 0 Å². The van der Waals surface area contributed by atoms with Crippen LogP contribution >= 0.6 is 23.5 Å². The second-order valence-corrected chi connectivity index (χ2v) is 9.10. The molecule has 5 N–H and O–H groups in total. The summed E-state index contributed by atoms with van der Waals surface area (Å²) < 4.78 is 39.5. The summed E-state index contributed by atoms with van der Waals surface area (Å²) in [5.74, 6) is 0.723.